The first-order chi connectivity index (χ1) is 6.76. The zero-order valence-corrected chi connectivity index (χ0v) is 9.34. The molecule has 0 aliphatic carbocycles. The Morgan fingerprint density at radius 3 is 3.00 bits per heavy atom. The second kappa shape index (κ2) is 5.82. The Bertz CT molecular complexity index is 279. The Morgan fingerprint density at radius 2 is 2.36 bits per heavy atom. The average molecular weight is 212 g/mol. The topological polar surface area (TPSA) is 63.8 Å². The lowest BCUT2D eigenvalue weighted by Crippen LogP contribution is -2.08. The van der Waals surface area contributed by atoms with Crippen LogP contribution in [0.15, 0.2) is 17.4 Å². The van der Waals surface area contributed by atoms with Gasteiger partial charge in [0.05, 0.1) is 0 Å². The standard InChI is InChI=1S/C9H16N4S/c1-3-7(2)5-14-9-4-8(13-10)11-6-12-9/h4,6-7H,3,5,10H2,1-2H3,(H,11,12,13). The third-order valence-corrected chi connectivity index (χ3v) is 3.26. The average Bonchev–Trinajstić information content (AvgIpc) is 2.26. The third-order valence-electron chi connectivity index (χ3n) is 2.00. The van der Waals surface area contributed by atoms with E-state index in [1.54, 1.807) is 11.8 Å². The second-order valence-corrected chi connectivity index (χ2v) is 4.25. The molecule has 1 atom stereocenters. The number of nitrogens with two attached hydrogens (primary N) is 1. The molecule has 1 unspecified atom stereocenters. The minimum Gasteiger partial charge on any atom is -0.308 e. The summed E-state index contributed by atoms with van der Waals surface area (Å²) in [7, 11) is 0. The van der Waals surface area contributed by atoms with Gasteiger partial charge in [0.15, 0.2) is 0 Å². The van der Waals surface area contributed by atoms with Crippen LogP contribution in [-0.4, -0.2) is 15.7 Å². The minimum atomic E-state index is 0.659. The molecule has 0 bridgehead atoms. The van der Waals surface area contributed by atoms with E-state index in [1.165, 1.54) is 12.7 Å². The molecule has 0 spiro atoms. The summed E-state index contributed by atoms with van der Waals surface area (Å²) in [6.45, 7) is 4.42. The van der Waals surface area contributed by atoms with Crippen LogP contribution in [0.1, 0.15) is 20.3 Å². The van der Waals surface area contributed by atoms with Gasteiger partial charge in [-0.1, -0.05) is 20.3 Å². The Balaban J connectivity index is 2.50. The second-order valence-electron chi connectivity index (χ2n) is 3.21. The highest BCUT2D eigenvalue weighted by Gasteiger charge is 2.02. The summed E-state index contributed by atoms with van der Waals surface area (Å²) in [5, 5.41) is 0.966. The van der Waals surface area contributed by atoms with Crippen LogP contribution >= 0.6 is 11.8 Å². The van der Waals surface area contributed by atoms with Crippen LogP contribution in [-0.2, 0) is 0 Å². The summed E-state index contributed by atoms with van der Waals surface area (Å²) < 4.78 is 0. The van der Waals surface area contributed by atoms with E-state index in [1.807, 2.05) is 6.07 Å². The molecule has 5 heteroatoms. The van der Waals surface area contributed by atoms with Gasteiger partial charge < -0.3 is 5.43 Å². The van der Waals surface area contributed by atoms with Crippen molar-refractivity contribution in [2.24, 2.45) is 11.8 Å². The van der Waals surface area contributed by atoms with E-state index in [9.17, 15) is 0 Å². The van der Waals surface area contributed by atoms with Gasteiger partial charge in [0.25, 0.3) is 0 Å². The number of nitrogens with one attached hydrogen (secondary N) is 1. The first-order valence-electron chi connectivity index (χ1n) is 4.67. The quantitative estimate of drug-likeness (QED) is 0.338. The van der Waals surface area contributed by atoms with Gasteiger partial charge in [0, 0.05) is 11.8 Å². The van der Waals surface area contributed by atoms with Crippen molar-refractivity contribution in [3.05, 3.63) is 12.4 Å². The van der Waals surface area contributed by atoms with Gasteiger partial charge in [-0.15, -0.1) is 11.8 Å². The van der Waals surface area contributed by atoms with Gasteiger partial charge in [-0.25, -0.2) is 15.8 Å². The van der Waals surface area contributed by atoms with Crippen molar-refractivity contribution in [3.63, 3.8) is 0 Å². The number of anilines is 1. The molecule has 1 aromatic rings. The molecule has 0 fully saturated rings. The maximum Gasteiger partial charge on any atom is 0.144 e. The predicted octanol–water partition coefficient (Wildman–Crippen LogP) is 1.90. The van der Waals surface area contributed by atoms with Crippen molar-refractivity contribution < 1.29 is 0 Å². The maximum absolute atomic E-state index is 5.25. The number of nitrogen functional groups attached to an aromatic ring is 1. The van der Waals surface area contributed by atoms with E-state index in [-0.39, 0.29) is 0 Å². The third kappa shape index (κ3) is 3.51. The van der Waals surface area contributed by atoms with Crippen molar-refractivity contribution in [3.8, 4) is 0 Å². The first kappa shape index (κ1) is 11.3. The fourth-order valence-electron chi connectivity index (χ4n) is 0.843. The molecule has 0 radical (unpaired) electrons. The number of nitrogens with zero attached hydrogens (tertiary/aromatic N) is 2. The monoisotopic (exact) mass is 212 g/mol. The lowest BCUT2D eigenvalue weighted by molar-refractivity contribution is 0.636. The van der Waals surface area contributed by atoms with E-state index in [4.69, 9.17) is 5.84 Å². The summed E-state index contributed by atoms with van der Waals surface area (Å²) in [6, 6.07) is 1.85. The maximum atomic E-state index is 5.25. The molecular weight excluding hydrogens is 196 g/mol. The van der Waals surface area contributed by atoms with Crippen LogP contribution < -0.4 is 11.3 Å². The van der Waals surface area contributed by atoms with Gasteiger partial charge in [-0.2, -0.15) is 0 Å². The summed E-state index contributed by atoms with van der Waals surface area (Å²) in [6.07, 6.45) is 2.72. The van der Waals surface area contributed by atoms with Gasteiger partial charge >= 0.3 is 0 Å². The lowest BCUT2D eigenvalue weighted by Gasteiger charge is -2.07. The minimum absolute atomic E-state index is 0.659. The number of thioether (sulfide) groups is 1. The Labute approximate surface area is 88.7 Å². The zero-order valence-electron chi connectivity index (χ0n) is 8.53. The molecule has 1 rings (SSSR count). The molecule has 0 saturated heterocycles. The first-order valence-corrected chi connectivity index (χ1v) is 5.66. The number of aromatic nitrogens is 2. The molecule has 1 aromatic heterocycles. The van der Waals surface area contributed by atoms with Crippen molar-refractivity contribution >= 4 is 17.6 Å². The Kier molecular flexibility index (Phi) is 4.69. The van der Waals surface area contributed by atoms with Gasteiger partial charge in [0.1, 0.15) is 17.2 Å². The molecule has 0 aromatic carbocycles. The fraction of sp³-hybridized carbons (Fsp3) is 0.556. The molecule has 4 nitrogen and oxygen atoms in total. The van der Waals surface area contributed by atoms with E-state index in [2.05, 4.69) is 29.2 Å². The summed E-state index contributed by atoms with van der Waals surface area (Å²) in [5.41, 5.74) is 2.50. The van der Waals surface area contributed by atoms with Gasteiger partial charge in [-0.3, -0.25) is 0 Å². The van der Waals surface area contributed by atoms with Crippen LogP contribution in [0.4, 0.5) is 5.82 Å². The fourth-order valence-corrected chi connectivity index (χ4v) is 1.85. The van der Waals surface area contributed by atoms with E-state index in [0.717, 1.165) is 10.8 Å². The largest absolute Gasteiger partial charge is 0.308 e. The van der Waals surface area contributed by atoms with Crippen LogP contribution in [0.2, 0.25) is 0 Å². The number of hydrogen-bond acceptors (Lipinski definition) is 5. The van der Waals surface area contributed by atoms with E-state index in [0.29, 0.717) is 11.7 Å². The molecular formula is C9H16N4S. The normalized spacial score (nSPS) is 12.5. The van der Waals surface area contributed by atoms with Gasteiger partial charge in [-0.05, 0) is 5.92 Å². The smallest absolute Gasteiger partial charge is 0.144 e. The molecule has 0 aliphatic rings. The summed E-state index contributed by atoms with van der Waals surface area (Å²) >= 11 is 1.74. The van der Waals surface area contributed by atoms with Crippen molar-refractivity contribution in [2.45, 2.75) is 25.3 Å². The molecule has 0 aliphatic heterocycles. The Hall–Kier alpha value is -0.810. The Morgan fingerprint density at radius 1 is 1.57 bits per heavy atom. The van der Waals surface area contributed by atoms with Crippen molar-refractivity contribution in [1.29, 1.82) is 0 Å². The molecule has 1 heterocycles. The highest BCUT2D eigenvalue weighted by Crippen LogP contribution is 2.20. The highest BCUT2D eigenvalue weighted by atomic mass is 32.2. The molecule has 3 N–H and O–H groups in total. The predicted molar refractivity (Wildman–Crippen MR) is 60.0 cm³/mol. The number of rotatable bonds is 5. The molecule has 14 heavy (non-hydrogen) atoms. The SMILES string of the molecule is CCC(C)CSc1cc(NN)ncn1. The summed E-state index contributed by atoms with van der Waals surface area (Å²) in [5.74, 6) is 7.70. The zero-order chi connectivity index (χ0) is 10.4. The molecule has 0 amide bonds. The van der Waals surface area contributed by atoms with Crippen LogP contribution in [0.5, 0.6) is 0 Å². The lowest BCUT2D eigenvalue weighted by atomic mass is 10.2. The van der Waals surface area contributed by atoms with Crippen LogP contribution in [0.25, 0.3) is 0 Å². The van der Waals surface area contributed by atoms with Crippen molar-refractivity contribution in [1.82, 2.24) is 9.97 Å². The van der Waals surface area contributed by atoms with Crippen LogP contribution in [0.3, 0.4) is 0 Å². The van der Waals surface area contributed by atoms with Gasteiger partial charge in [0.2, 0.25) is 0 Å². The highest BCUT2D eigenvalue weighted by molar-refractivity contribution is 7.99. The molecule has 0 saturated carbocycles. The summed E-state index contributed by atoms with van der Waals surface area (Å²) in [4.78, 5) is 8.09. The van der Waals surface area contributed by atoms with E-state index < -0.39 is 0 Å². The number of hydrogen-bond donors (Lipinski definition) is 2. The van der Waals surface area contributed by atoms with Crippen LogP contribution in [0, 0.1) is 5.92 Å². The molecule has 78 valence electrons. The number of hydrazine groups is 1. The van der Waals surface area contributed by atoms with Crippen molar-refractivity contribution in [2.75, 3.05) is 11.2 Å². The van der Waals surface area contributed by atoms with E-state index >= 15 is 0 Å².